The summed E-state index contributed by atoms with van der Waals surface area (Å²) in [6.07, 6.45) is 0. The van der Waals surface area contributed by atoms with E-state index in [1.165, 1.54) is 0 Å². The van der Waals surface area contributed by atoms with Gasteiger partial charge in [0.15, 0.2) is 0 Å². The molecule has 0 saturated heterocycles. The number of nitrogens with zero attached hydrogens (tertiary/aromatic N) is 2. The molecule has 0 heterocycles. The smallest absolute Gasteiger partial charge is 0.323 e. The average Bonchev–Trinajstić information content (AvgIpc) is 2.18. The third-order valence-corrected chi connectivity index (χ3v) is 2.10. The van der Waals surface area contributed by atoms with E-state index >= 15 is 0 Å². The van der Waals surface area contributed by atoms with Crippen molar-refractivity contribution in [2.45, 2.75) is 0 Å². The monoisotopic (exact) mass is 200 g/mol. The Balaban J connectivity index is 2.79. The van der Waals surface area contributed by atoms with Gasteiger partial charge >= 0.3 is 6.98 Å². The van der Waals surface area contributed by atoms with Gasteiger partial charge in [0.05, 0.1) is 0 Å². The van der Waals surface area contributed by atoms with Gasteiger partial charge in [-0.1, -0.05) is 24.1 Å². The summed E-state index contributed by atoms with van der Waals surface area (Å²) in [5.41, 5.74) is 1.06. The molecule has 1 rings (SSSR count). The normalized spacial score (nSPS) is 10.0. The molecular weight excluding hydrogens is 183 g/mol. The molecule has 2 nitrogen and oxygen atoms in total. The van der Waals surface area contributed by atoms with Gasteiger partial charge < -0.3 is 9.62 Å². The highest BCUT2D eigenvalue weighted by molar-refractivity contribution is 6.61. The van der Waals surface area contributed by atoms with Crippen LogP contribution in [0.2, 0.25) is 0 Å². The van der Waals surface area contributed by atoms with E-state index in [2.05, 4.69) is 21.4 Å². The molecule has 0 aliphatic heterocycles. The zero-order chi connectivity index (χ0) is 11.3. The van der Waals surface area contributed by atoms with Crippen molar-refractivity contribution in [3.05, 3.63) is 35.9 Å². The minimum Gasteiger partial charge on any atom is -0.323 e. The molecule has 78 valence electrons. The first-order chi connectivity index (χ1) is 7.11. The predicted molar refractivity (Wildman–Crippen MR) is 66.4 cm³/mol. The van der Waals surface area contributed by atoms with Crippen LogP contribution >= 0.6 is 0 Å². The van der Waals surface area contributed by atoms with Gasteiger partial charge in [-0.25, -0.2) is 0 Å². The van der Waals surface area contributed by atoms with E-state index in [9.17, 15) is 0 Å². The molecule has 0 aromatic heterocycles. The van der Waals surface area contributed by atoms with Crippen molar-refractivity contribution in [2.75, 3.05) is 28.2 Å². The van der Waals surface area contributed by atoms with Crippen LogP contribution in [0, 0.1) is 11.7 Å². The molecule has 15 heavy (non-hydrogen) atoms. The van der Waals surface area contributed by atoms with Gasteiger partial charge in [0.2, 0.25) is 0 Å². The second kappa shape index (κ2) is 5.60. The summed E-state index contributed by atoms with van der Waals surface area (Å²) in [5, 5.41) is 0. The van der Waals surface area contributed by atoms with Crippen LogP contribution < -0.4 is 0 Å². The molecule has 0 spiro atoms. The molecule has 0 aliphatic carbocycles. The maximum absolute atomic E-state index is 3.24. The van der Waals surface area contributed by atoms with Crippen LogP contribution in [0.25, 0.3) is 0 Å². The molecule has 1 aromatic carbocycles. The third-order valence-electron chi connectivity index (χ3n) is 2.10. The molecule has 0 bridgehead atoms. The zero-order valence-electron chi connectivity index (χ0n) is 9.86. The van der Waals surface area contributed by atoms with Gasteiger partial charge in [0.1, 0.15) is 0 Å². The summed E-state index contributed by atoms with van der Waals surface area (Å²) in [6.45, 7) is 0.158. The third kappa shape index (κ3) is 3.79. The Hall–Kier alpha value is -1.24. The van der Waals surface area contributed by atoms with E-state index in [0.29, 0.717) is 0 Å². The van der Waals surface area contributed by atoms with Gasteiger partial charge in [0, 0.05) is 5.56 Å². The highest BCUT2D eigenvalue weighted by Crippen LogP contribution is 1.96. The lowest BCUT2D eigenvalue weighted by Crippen LogP contribution is -2.44. The first-order valence-electron chi connectivity index (χ1n) is 5.00. The molecule has 0 N–H and O–H groups in total. The number of hydrogen-bond acceptors (Lipinski definition) is 2. The van der Waals surface area contributed by atoms with Crippen LogP contribution in [0.5, 0.6) is 0 Å². The van der Waals surface area contributed by atoms with E-state index in [1.807, 2.05) is 58.5 Å². The summed E-state index contributed by atoms with van der Waals surface area (Å²) in [5.74, 6) is 6.41. The van der Waals surface area contributed by atoms with Crippen LogP contribution in [0.15, 0.2) is 30.3 Å². The van der Waals surface area contributed by atoms with Crippen LogP contribution in [-0.4, -0.2) is 44.8 Å². The maximum atomic E-state index is 3.24. The molecule has 0 amide bonds. The minimum atomic E-state index is 0.158. The standard InChI is InChI=1S/C12H17BN2/c1-14(2)13(15(3)4)11-10-12-8-6-5-7-9-12/h5-9H,1-4H3. The lowest BCUT2D eigenvalue weighted by molar-refractivity contribution is 0.532. The van der Waals surface area contributed by atoms with Gasteiger partial charge in [-0.2, -0.15) is 0 Å². The number of hydrogen-bond donors (Lipinski definition) is 0. The van der Waals surface area contributed by atoms with Crippen LogP contribution in [0.3, 0.4) is 0 Å². The topological polar surface area (TPSA) is 6.48 Å². The Morgan fingerprint density at radius 1 is 0.933 bits per heavy atom. The largest absolute Gasteiger partial charge is 0.399 e. The van der Waals surface area contributed by atoms with E-state index < -0.39 is 0 Å². The summed E-state index contributed by atoms with van der Waals surface area (Å²) >= 11 is 0. The van der Waals surface area contributed by atoms with Crippen molar-refractivity contribution in [2.24, 2.45) is 0 Å². The van der Waals surface area contributed by atoms with Crippen molar-refractivity contribution >= 4 is 6.98 Å². The van der Waals surface area contributed by atoms with Crippen molar-refractivity contribution in [3.63, 3.8) is 0 Å². The molecule has 0 saturated carbocycles. The summed E-state index contributed by atoms with van der Waals surface area (Å²) in [4.78, 5) is 4.19. The van der Waals surface area contributed by atoms with Crippen molar-refractivity contribution in [1.29, 1.82) is 0 Å². The fraction of sp³-hybridized carbons (Fsp3) is 0.333. The van der Waals surface area contributed by atoms with Crippen LogP contribution in [0.4, 0.5) is 0 Å². The van der Waals surface area contributed by atoms with Crippen molar-refractivity contribution in [1.82, 2.24) is 9.62 Å². The van der Waals surface area contributed by atoms with E-state index in [-0.39, 0.29) is 6.98 Å². The summed E-state index contributed by atoms with van der Waals surface area (Å²) in [6, 6.07) is 10.1. The molecule has 0 unspecified atom stereocenters. The second-order valence-corrected chi connectivity index (χ2v) is 3.94. The fourth-order valence-electron chi connectivity index (χ4n) is 1.39. The Kier molecular flexibility index (Phi) is 4.42. The van der Waals surface area contributed by atoms with Crippen molar-refractivity contribution < 1.29 is 0 Å². The van der Waals surface area contributed by atoms with Crippen molar-refractivity contribution in [3.8, 4) is 11.7 Å². The minimum absolute atomic E-state index is 0.158. The van der Waals surface area contributed by atoms with Crippen LogP contribution in [-0.2, 0) is 0 Å². The predicted octanol–water partition coefficient (Wildman–Crippen LogP) is 1.19. The lowest BCUT2D eigenvalue weighted by atomic mass is 9.74. The zero-order valence-corrected chi connectivity index (χ0v) is 9.86. The summed E-state index contributed by atoms with van der Waals surface area (Å²) < 4.78 is 0. The maximum Gasteiger partial charge on any atom is 0.399 e. The molecule has 0 aliphatic rings. The van der Waals surface area contributed by atoms with E-state index in [0.717, 1.165) is 5.56 Å². The second-order valence-electron chi connectivity index (χ2n) is 3.94. The average molecular weight is 200 g/mol. The molecule has 1 aromatic rings. The van der Waals surface area contributed by atoms with E-state index in [4.69, 9.17) is 0 Å². The highest BCUT2D eigenvalue weighted by atomic mass is 15.1. The first kappa shape index (κ1) is 11.8. The lowest BCUT2D eigenvalue weighted by Gasteiger charge is -2.20. The summed E-state index contributed by atoms with van der Waals surface area (Å²) in [7, 11) is 8.13. The fourth-order valence-corrected chi connectivity index (χ4v) is 1.39. The number of benzene rings is 1. The van der Waals surface area contributed by atoms with Gasteiger partial charge in [-0.05, 0) is 40.3 Å². The molecule has 3 heteroatoms. The molecule has 0 radical (unpaired) electrons. The van der Waals surface area contributed by atoms with E-state index in [1.54, 1.807) is 0 Å². The van der Waals surface area contributed by atoms with Gasteiger partial charge in [0.25, 0.3) is 0 Å². The Bertz CT molecular complexity index is 341. The Labute approximate surface area is 93.0 Å². The quantitative estimate of drug-likeness (QED) is 0.522. The Morgan fingerprint density at radius 3 is 1.93 bits per heavy atom. The van der Waals surface area contributed by atoms with Gasteiger partial charge in [-0.15, -0.1) is 5.82 Å². The molecule has 0 fully saturated rings. The first-order valence-corrected chi connectivity index (χ1v) is 5.00. The Morgan fingerprint density at radius 2 is 1.47 bits per heavy atom. The number of rotatable bonds is 2. The highest BCUT2D eigenvalue weighted by Gasteiger charge is 2.17. The van der Waals surface area contributed by atoms with Crippen LogP contribution in [0.1, 0.15) is 5.56 Å². The molecule has 0 atom stereocenters. The van der Waals surface area contributed by atoms with Gasteiger partial charge in [-0.3, -0.25) is 0 Å². The SMILES string of the molecule is CN(C)B(C#Cc1ccccc1)N(C)C. The molecular formula is C12H17BN2.